The molecule has 3 heterocycles. The smallest absolute Gasteiger partial charge is 0.255 e. The lowest BCUT2D eigenvalue weighted by Gasteiger charge is -2.29. The molecular formula is C26H29Cl2N5O2. The van der Waals surface area contributed by atoms with Gasteiger partial charge < -0.3 is 20.1 Å². The number of carbonyl (C=O) groups is 2. The molecule has 0 aliphatic carbocycles. The zero-order valence-corrected chi connectivity index (χ0v) is 21.2. The Morgan fingerprint density at radius 2 is 1.91 bits per heavy atom. The molecule has 35 heavy (non-hydrogen) atoms. The minimum atomic E-state index is -0.357. The van der Waals surface area contributed by atoms with E-state index in [1.807, 2.05) is 17.9 Å². The van der Waals surface area contributed by atoms with Crippen molar-refractivity contribution in [2.75, 3.05) is 26.2 Å². The van der Waals surface area contributed by atoms with Crippen LogP contribution < -0.4 is 5.32 Å². The van der Waals surface area contributed by atoms with Crippen molar-refractivity contribution in [3.8, 4) is 0 Å². The van der Waals surface area contributed by atoms with Crippen LogP contribution in [0.15, 0.2) is 36.4 Å². The van der Waals surface area contributed by atoms with Crippen LogP contribution in [0.25, 0.3) is 11.0 Å². The number of benzene rings is 2. The first kappa shape index (κ1) is 24.1. The van der Waals surface area contributed by atoms with Gasteiger partial charge in [-0.05, 0) is 82.1 Å². The average molecular weight is 514 g/mol. The number of fused-ring (bicyclic) bond motifs is 1. The van der Waals surface area contributed by atoms with Crippen molar-refractivity contribution < 1.29 is 9.59 Å². The minimum absolute atomic E-state index is 0.0574. The van der Waals surface area contributed by atoms with Gasteiger partial charge in [-0.15, -0.1) is 0 Å². The van der Waals surface area contributed by atoms with E-state index in [0.29, 0.717) is 27.0 Å². The maximum absolute atomic E-state index is 13.3. The van der Waals surface area contributed by atoms with E-state index in [9.17, 15) is 9.59 Å². The van der Waals surface area contributed by atoms with Crippen LogP contribution in [0.2, 0.25) is 10.0 Å². The second kappa shape index (κ2) is 10.2. The number of H-pyrrole nitrogens is 1. The molecule has 0 unspecified atom stereocenters. The first-order valence-electron chi connectivity index (χ1n) is 12.2. The van der Waals surface area contributed by atoms with Gasteiger partial charge in [0.15, 0.2) is 0 Å². The fourth-order valence-corrected chi connectivity index (χ4v) is 5.53. The number of nitrogens with zero attached hydrogens (tertiary/aromatic N) is 3. The van der Waals surface area contributed by atoms with Crippen LogP contribution in [-0.2, 0) is 0 Å². The maximum atomic E-state index is 13.3. The van der Waals surface area contributed by atoms with Crippen molar-refractivity contribution in [3.05, 3.63) is 63.4 Å². The SMILES string of the molecule is C[C@@H](NC(=O)c1ccc(C(=O)N2CCC[C@H]2CN2CCCC2)c(Cl)c1)c1nc2ccc(Cl)cc2[nH]1. The number of aromatic nitrogens is 2. The van der Waals surface area contributed by atoms with Crippen molar-refractivity contribution in [1.29, 1.82) is 0 Å². The molecule has 0 bridgehead atoms. The van der Waals surface area contributed by atoms with Crippen molar-refractivity contribution in [2.45, 2.75) is 44.7 Å². The van der Waals surface area contributed by atoms with Crippen LogP contribution in [0.4, 0.5) is 0 Å². The van der Waals surface area contributed by atoms with Gasteiger partial charge in [0, 0.05) is 29.7 Å². The number of amides is 2. The van der Waals surface area contributed by atoms with Gasteiger partial charge in [-0.25, -0.2) is 4.98 Å². The largest absolute Gasteiger partial charge is 0.342 e. The molecule has 2 N–H and O–H groups in total. The molecule has 5 rings (SSSR count). The second-order valence-corrected chi connectivity index (χ2v) is 10.3. The number of carbonyl (C=O) groups excluding carboxylic acids is 2. The molecular weight excluding hydrogens is 485 g/mol. The zero-order chi connectivity index (χ0) is 24.5. The Balaban J connectivity index is 1.26. The Labute approximate surface area is 214 Å². The summed E-state index contributed by atoms with van der Waals surface area (Å²) in [5.41, 5.74) is 2.43. The number of imidazole rings is 1. The summed E-state index contributed by atoms with van der Waals surface area (Å²) in [5.74, 6) is 0.287. The van der Waals surface area contributed by atoms with Crippen molar-refractivity contribution in [1.82, 2.24) is 25.1 Å². The third-order valence-electron chi connectivity index (χ3n) is 6.99. The summed E-state index contributed by atoms with van der Waals surface area (Å²) in [6, 6.07) is 10.2. The van der Waals surface area contributed by atoms with Gasteiger partial charge >= 0.3 is 0 Å². The molecule has 2 amide bonds. The van der Waals surface area contributed by atoms with Crippen molar-refractivity contribution in [3.63, 3.8) is 0 Å². The molecule has 184 valence electrons. The maximum Gasteiger partial charge on any atom is 0.255 e. The Morgan fingerprint density at radius 1 is 1.11 bits per heavy atom. The van der Waals surface area contributed by atoms with Gasteiger partial charge in [0.2, 0.25) is 0 Å². The van der Waals surface area contributed by atoms with E-state index < -0.39 is 0 Å². The summed E-state index contributed by atoms with van der Waals surface area (Å²) >= 11 is 12.6. The van der Waals surface area contributed by atoms with E-state index in [0.717, 1.165) is 50.1 Å². The fourth-order valence-electron chi connectivity index (χ4n) is 5.10. The van der Waals surface area contributed by atoms with Crippen LogP contribution in [0.1, 0.15) is 65.2 Å². The molecule has 2 aliphatic heterocycles. The Bertz CT molecular complexity index is 1250. The molecule has 0 spiro atoms. The second-order valence-electron chi connectivity index (χ2n) is 9.48. The number of nitrogens with one attached hydrogen (secondary N) is 2. The van der Waals surface area contributed by atoms with Gasteiger partial charge in [0.25, 0.3) is 11.8 Å². The Hall–Kier alpha value is -2.61. The van der Waals surface area contributed by atoms with Gasteiger partial charge in [-0.1, -0.05) is 23.2 Å². The molecule has 2 fully saturated rings. The van der Waals surface area contributed by atoms with Crippen LogP contribution in [0.3, 0.4) is 0 Å². The number of likely N-dealkylation sites (tertiary alicyclic amines) is 2. The first-order valence-corrected chi connectivity index (χ1v) is 12.9. The third kappa shape index (κ3) is 5.17. The van der Waals surface area contributed by atoms with Crippen LogP contribution in [-0.4, -0.2) is 63.8 Å². The monoisotopic (exact) mass is 513 g/mol. The molecule has 7 nitrogen and oxygen atoms in total. The highest BCUT2D eigenvalue weighted by molar-refractivity contribution is 6.34. The lowest BCUT2D eigenvalue weighted by Crippen LogP contribution is -2.42. The highest BCUT2D eigenvalue weighted by Gasteiger charge is 2.32. The van der Waals surface area contributed by atoms with E-state index in [1.165, 1.54) is 12.8 Å². The predicted octanol–water partition coefficient (Wildman–Crippen LogP) is 5.06. The number of aromatic amines is 1. The summed E-state index contributed by atoms with van der Waals surface area (Å²) in [7, 11) is 0. The first-order chi connectivity index (χ1) is 16.9. The summed E-state index contributed by atoms with van der Waals surface area (Å²) in [6.45, 7) is 5.75. The summed E-state index contributed by atoms with van der Waals surface area (Å²) in [6.07, 6.45) is 4.50. The van der Waals surface area contributed by atoms with Crippen LogP contribution >= 0.6 is 23.2 Å². The van der Waals surface area contributed by atoms with Crippen LogP contribution in [0.5, 0.6) is 0 Å². The molecule has 1 aromatic heterocycles. The standard InChI is InChI=1S/C26H29Cl2N5O2/c1-16(24-30-22-9-7-18(27)14-23(22)31-24)29-25(34)17-6-8-20(21(28)13-17)26(35)33-12-4-5-19(33)15-32-10-2-3-11-32/h6-9,13-14,16,19H,2-5,10-12,15H2,1H3,(H,29,34)(H,30,31)/t16-,19+/m1/s1. The lowest BCUT2D eigenvalue weighted by molar-refractivity contribution is 0.0708. The van der Waals surface area contributed by atoms with Crippen molar-refractivity contribution >= 4 is 46.0 Å². The summed E-state index contributed by atoms with van der Waals surface area (Å²) in [5, 5.41) is 3.85. The van der Waals surface area contributed by atoms with E-state index in [4.69, 9.17) is 23.2 Å². The predicted molar refractivity (Wildman–Crippen MR) is 138 cm³/mol. The minimum Gasteiger partial charge on any atom is -0.342 e. The van der Waals surface area contributed by atoms with E-state index in [1.54, 1.807) is 30.3 Å². The molecule has 0 saturated carbocycles. The highest BCUT2D eigenvalue weighted by Crippen LogP contribution is 2.27. The lowest BCUT2D eigenvalue weighted by atomic mass is 10.1. The molecule has 3 aromatic rings. The van der Waals surface area contributed by atoms with Gasteiger partial charge in [-0.2, -0.15) is 0 Å². The molecule has 2 saturated heterocycles. The third-order valence-corrected chi connectivity index (χ3v) is 7.54. The molecule has 9 heteroatoms. The fraction of sp³-hybridized carbons (Fsp3) is 0.423. The van der Waals surface area contributed by atoms with Gasteiger partial charge in [0.05, 0.1) is 27.7 Å². The van der Waals surface area contributed by atoms with E-state index in [-0.39, 0.29) is 23.9 Å². The number of hydrogen-bond donors (Lipinski definition) is 2. The Morgan fingerprint density at radius 3 is 2.69 bits per heavy atom. The van der Waals surface area contributed by atoms with Gasteiger partial charge in [-0.3, -0.25) is 9.59 Å². The van der Waals surface area contributed by atoms with E-state index >= 15 is 0 Å². The summed E-state index contributed by atoms with van der Waals surface area (Å²) in [4.78, 5) is 38.3. The Kier molecular flexibility index (Phi) is 7.00. The number of halogens is 2. The molecule has 2 atom stereocenters. The quantitative estimate of drug-likeness (QED) is 0.482. The van der Waals surface area contributed by atoms with Crippen LogP contribution in [0, 0.1) is 0 Å². The van der Waals surface area contributed by atoms with Gasteiger partial charge in [0.1, 0.15) is 5.82 Å². The average Bonchev–Trinajstić information content (AvgIpc) is 3.59. The molecule has 0 radical (unpaired) electrons. The topological polar surface area (TPSA) is 81.3 Å². The number of hydrogen-bond acceptors (Lipinski definition) is 4. The summed E-state index contributed by atoms with van der Waals surface area (Å²) < 4.78 is 0. The highest BCUT2D eigenvalue weighted by atomic mass is 35.5. The molecule has 2 aromatic carbocycles. The van der Waals surface area contributed by atoms with E-state index in [2.05, 4.69) is 20.2 Å². The van der Waals surface area contributed by atoms with Crippen molar-refractivity contribution in [2.24, 2.45) is 0 Å². The molecule has 2 aliphatic rings. The zero-order valence-electron chi connectivity index (χ0n) is 19.7. The normalized spacial score (nSPS) is 19.4. The number of rotatable bonds is 6.